The predicted octanol–water partition coefficient (Wildman–Crippen LogP) is 2.81. The van der Waals surface area contributed by atoms with Crippen molar-refractivity contribution in [1.29, 1.82) is 0 Å². The quantitative estimate of drug-likeness (QED) is 0.844. The van der Waals surface area contributed by atoms with Crippen LogP contribution in [0.4, 0.5) is 0 Å². The molecule has 17 heavy (non-hydrogen) atoms. The molecule has 3 rings (SSSR count). The monoisotopic (exact) mass is 248 g/mol. The minimum atomic E-state index is 0.197. The van der Waals surface area contributed by atoms with Crippen LogP contribution in [0.1, 0.15) is 17.9 Å². The summed E-state index contributed by atoms with van der Waals surface area (Å²) in [6, 6.07) is 7.74. The molecule has 0 bridgehead atoms. The number of halogens is 1. The van der Waals surface area contributed by atoms with Crippen LogP contribution in [0.3, 0.4) is 0 Å². The minimum absolute atomic E-state index is 0.197. The van der Waals surface area contributed by atoms with Gasteiger partial charge in [0.1, 0.15) is 5.76 Å². The van der Waals surface area contributed by atoms with Crippen molar-refractivity contribution in [1.82, 2.24) is 4.98 Å². The molecular weight excluding hydrogens is 236 g/mol. The van der Waals surface area contributed by atoms with Crippen LogP contribution in [0.15, 0.2) is 28.7 Å². The van der Waals surface area contributed by atoms with Gasteiger partial charge in [-0.15, -0.1) is 0 Å². The Labute approximate surface area is 105 Å². The molecule has 1 atom stereocenters. The number of aromatic nitrogens is 1. The number of benzene rings is 1. The lowest BCUT2D eigenvalue weighted by molar-refractivity contribution is 0.457. The number of rotatable bonds is 1. The predicted molar refractivity (Wildman–Crippen MR) is 66.9 cm³/mol. The summed E-state index contributed by atoms with van der Waals surface area (Å²) in [6.07, 6.45) is 2.66. The fraction of sp³-hybridized carbons (Fsp3) is 0.308. The Hall–Kier alpha value is -1.32. The van der Waals surface area contributed by atoms with Crippen molar-refractivity contribution in [2.75, 3.05) is 0 Å². The maximum atomic E-state index is 5.96. The number of nitrogens with zero attached hydrogens (tertiary/aromatic N) is 1. The molecule has 1 aliphatic carbocycles. The number of hydrogen-bond donors (Lipinski definition) is 1. The molecule has 1 aromatic heterocycles. The summed E-state index contributed by atoms with van der Waals surface area (Å²) in [6.45, 7) is 0. The van der Waals surface area contributed by atoms with Gasteiger partial charge in [-0.05, 0) is 31.0 Å². The second-order valence-corrected chi connectivity index (χ2v) is 4.84. The first-order valence-corrected chi connectivity index (χ1v) is 6.10. The number of hydrogen-bond acceptors (Lipinski definition) is 3. The molecule has 0 fully saturated rings. The summed E-state index contributed by atoms with van der Waals surface area (Å²) in [5.41, 5.74) is 7.87. The number of oxazole rings is 1. The molecule has 0 spiro atoms. The van der Waals surface area contributed by atoms with E-state index in [0.29, 0.717) is 10.9 Å². The average Bonchev–Trinajstić information content (AvgIpc) is 2.72. The summed E-state index contributed by atoms with van der Waals surface area (Å²) >= 11 is 5.96. The van der Waals surface area contributed by atoms with E-state index in [-0.39, 0.29) is 6.04 Å². The molecule has 1 aliphatic rings. The fourth-order valence-electron chi connectivity index (χ4n) is 2.15. The highest BCUT2D eigenvalue weighted by Crippen LogP contribution is 2.28. The molecule has 0 amide bonds. The van der Waals surface area contributed by atoms with Crippen molar-refractivity contribution in [2.45, 2.75) is 25.3 Å². The van der Waals surface area contributed by atoms with Crippen molar-refractivity contribution < 1.29 is 4.42 Å². The number of nitrogens with two attached hydrogens (primary N) is 1. The molecule has 1 aromatic carbocycles. The Bertz CT molecular complexity index is 550. The molecule has 2 aromatic rings. The third-order valence-corrected chi connectivity index (χ3v) is 3.28. The van der Waals surface area contributed by atoms with Gasteiger partial charge in [-0.2, -0.15) is 0 Å². The summed E-state index contributed by atoms with van der Waals surface area (Å²) < 4.78 is 5.77. The van der Waals surface area contributed by atoms with Gasteiger partial charge < -0.3 is 10.2 Å². The van der Waals surface area contributed by atoms with Crippen LogP contribution in [0.5, 0.6) is 0 Å². The molecule has 88 valence electrons. The van der Waals surface area contributed by atoms with Crippen LogP contribution in [-0.2, 0) is 12.8 Å². The normalized spacial score (nSPS) is 19.1. The van der Waals surface area contributed by atoms with Crippen LogP contribution >= 0.6 is 11.6 Å². The van der Waals surface area contributed by atoms with Crippen molar-refractivity contribution in [3.8, 4) is 11.5 Å². The van der Waals surface area contributed by atoms with Crippen LogP contribution < -0.4 is 5.73 Å². The highest BCUT2D eigenvalue weighted by molar-refractivity contribution is 6.30. The lowest BCUT2D eigenvalue weighted by Gasteiger charge is -2.14. The van der Waals surface area contributed by atoms with E-state index in [1.165, 1.54) is 0 Å². The van der Waals surface area contributed by atoms with Crippen LogP contribution in [0.25, 0.3) is 11.5 Å². The third-order valence-electron chi connectivity index (χ3n) is 3.05. The van der Waals surface area contributed by atoms with Crippen LogP contribution in [0, 0.1) is 0 Å². The van der Waals surface area contributed by atoms with Gasteiger partial charge in [0, 0.05) is 23.0 Å². The van der Waals surface area contributed by atoms with Gasteiger partial charge in [0.25, 0.3) is 0 Å². The second-order valence-electron chi connectivity index (χ2n) is 4.40. The molecule has 4 heteroatoms. The number of fused-ring (bicyclic) bond motifs is 1. The minimum Gasteiger partial charge on any atom is -0.441 e. The Morgan fingerprint density at radius 3 is 3.12 bits per heavy atom. The Kier molecular flexibility index (Phi) is 2.65. The first-order chi connectivity index (χ1) is 8.22. The molecular formula is C13H13ClN2O. The molecule has 0 radical (unpaired) electrons. The summed E-state index contributed by atoms with van der Waals surface area (Å²) in [4.78, 5) is 4.52. The average molecular weight is 249 g/mol. The van der Waals surface area contributed by atoms with Crippen LogP contribution in [0.2, 0.25) is 5.02 Å². The Morgan fingerprint density at radius 1 is 1.41 bits per heavy atom. The van der Waals surface area contributed by atoms with E-state index < -0.39 is 0 Å². The molecule has 1 unspecified atom stereocenters. The van der Waals surface area contributed by atoms with E-state index >= 15 is 0 Å². The molecule has 1 heterocycles. The number of aryl methyl sites for hydroxylation is 1. The van der Waals surface area contributed by atoms with Crippen molar-refractivity contribution in [2.24, 2.45) is 5.73 Å². The van der Waals surface area contributed by atoms with E-state index in [1.807, 2.05) is 24.3 Å². The SMILES string of the molecule is NC1CCc2nc(-c3cccc(Cl)c3)oc2C1. The second kappa shape index (κ2) is 4.17. The van der Waals surface area contributed by atoms with Gasteiger partial charge in [-0.3, -0.25) is 0 Å². The highest BCUT2D eigenvalue weighted by Gasteiger charge is 2.22. The van der Waals surface area contributed by atoms with E-state index in [4.69, 9.17) is 21.8 Å². The van der Waals surface area contributed by atoms with Crippen LogP contribution in [-0.4, -0.2) is 11.0 Å². The van der Waals surface area contributed by atoms with Gasteiger partial charge in [0.15, 0.2) is 0 Å². The zero-order valence-electron chi connectivity index (χ0n) is 9.32. The molecule has 0 aliphatic heterocycles. The van der Waals surface area contributed by atoms with Crippen molar-refractivity contribution >= 4 is 11.6 Å². The Morgan fingerprint density at radius 2 is 2.29 bits per heavy atom. The summed E-state index contributed by atoms with van der Waals surface area (Å²) in [7, 11) is 0. The molecule has 0 saturated carbocycles. The van der Waals surface area contributed by atoms with Gasteiger partial charge in [-0.25, -0.2) is 4.98 Å². The van der Waals surface area contributed by atoms with Gasteiger partial charge in [0.05, 0.1) is 5.69 Å². The maximum Gasteiger partial charge on any atom is 0.226 e. The zero-order chi connectivity index (χ0) is 11.8. The first kappa shape index (κ1) is 10.8. The summed E-state index contributed by atoms with van der Waals surface area (Å²) in [5, 5.41) is 0.690. The Balaban J connectivity index is 2.00. The van der Waals surface area contributed by atoms with E-state index in [1.54, 1.807) is 0 Å². The maximum absolute atomic E-state index is 5.96. The van der Waals surface area contributed by atoms with Gasteiger partial charge in [-0.1, -0.05) is 17.7 Å². The molecule has 2 N–H and O–H groups in total. The molecule has 0 saturated heterocycles. The first-order valence-electron chi connectivity index (χ1n) is 5.72. The standard InChI is InChI=1S/C13H13ClN2O/c14-9-3-1-2-8(6-9)13-16-11-5-4-10(15)7-12(11)17-13/h1-3,6,10H,4-5,7,15H2. The lowest BCUT2D eigenvalue weighted by Crippen LogP contribution is -2.27. The lowest BCUT2D eigenvalue weighted by atomic mass is 9.98. The van der Waals surface area contributed by atoms with Gasteiger partial charge in [0.2, 0.25) is 5.89 Å². The zero-order valence-corrected chi connectivity index (χ0v) is 10.1. The largest absolute Gasteiger partial charge is 0.441 e. The van der Waals surface area contributed by atoms with E-state index in [0.717, 1.165) is 36.3 Å². The van der Waals surface area contributed by atoms with Crippen molar-refractivity contribution in [3.05, 3.63) is 40.7 Å². The third kappa shape index (κ3) is 2.08. The smallest absolute Gasteiger partial charge is 0.226 e. The fourth-order valence-corrected chi connectivity index (χ4v) is 2.34. The van der Waals surface area contributed by atoms with E-state index in [2.05, 4.69) is 4.98 Å². The van der Waals surface area contributed by atoms with Gasteiger partial charge >= 0.3 is 0 Å². The van der Waals surface area contributed by atoms with Crippen molar-refractivity contribution in [3.63, 3.8) is 0 Å². The topological polar surface area (TPSA) is 52.0 Å². The summed E-state index contributed by atoms with van der Waals surface area (Å²) in [5.74, 6) is 1.57. The molecule has 3 nitrogen and oxygen atoms in total. The van der Waals surface area contributed by atoms with E-state index in [9.17, 15) is 0 Å². The highest BCUT2D eigenvalue weighted by atomic mass is 35.5.